The van der Waals surface area contributed by atoms with Crippen molar-refractivity contribution in [3.8, 4) is 0 Å². The molecule has 2 rings (SSSR count). The van der Waals surface area contributed by atoms with Gasteiger partial charge in [0, 0.05) is 22.0 Å². The lowest BCUT2D eigenvalue weighted by molar-refractivity contribution is 0.0957. The molecule has 1 N–H and O–H groups in total. The van der Waals surface area contributed by atoms with E-state index in [9.17, 15) is 4.79 Å². The third-order valence-electron chi connectivity index (χ3n) is 3.04. The van der Waals surface area contributed by atoms with Gasteiger partial charge in [0.25, 0.3) is 5.91 Å². The van der Waals surface area contributed by atoms with Crippen LogP contribution in [0, 0.1) is 0 Å². The minimum Gasteiger partial charge on any atom is -0.351 e. The number of halogens is 1. The van der Waals surface area contributed by atoms with E-state index in [2.05, 4.69) is 34.2 Å². The molecule has 1 aromatic rings. The third kappa shape index (κ3) is 3.75. The van der Waals surface area contributed by atoms with Crippen molar-refractivity contribution >= 4 is 44.9 Å². The fourth-order valence-corrected chi connectivity index (χ4v) is 4.41. The van der Waals surface area contributed by atoms with Gasteiger partial charge < -0.3 is 5.32 Å². The molecule has 0 fully saturated rings. The molecule has 5 heteroatoms. The number of amides is 1. The summed E-state index contributed by atoms with van der Waals surface area (Å²) in [5, 5.41) is 3.01. The topological polar surface area (TPSA) is 29.1 Å². The van der Waals surface area contributed by atoms with E-state index in [1.54, 1.807) is 11.3 Å². The molecule has 100 valence electrons. The summed E-state index contributed by atoms with van der Waals surface area (Å²) in [6.07, 6.45) is 3.21. The molecule has 1 atom stereocenters. The van der Waals surface area contributed by atoms with Crippen LogP contribution in [0.2, 0.25) is 0 Å². The van der Waals surface area contributed by atoms with Crippen LogP contribution < -0.4 is 5.32 Å². The molecule has 0 aromatic carbocycles. The Labute approximate surface area is 125 Å². The van der Waals surface area contributed by atoms with E-state index in [0.29, 0.717) is 4.83 Å². The van der Waals surface area contributed by atoms with Gasteiger partial charge in [0.15, 0.2) is 0 Å². The molecular formula is C13H18BrNOS2. The van der Waals surface area contributed by atoms with E-state index in [1.165, 1.54) is 16.2 Å². The quantitative estimate of drug-likeness (QED) is 0.820. The summed E-state index contributed by atoms with van der Waals surface area (Å²) in [7, 11) is 0. The van der Waals surface area contributed by atoms with Gasteiger partial charge in [-0.15, -0.1) is 11.3 Å². The molecule has 0 spiro atoms. The number of carbonyl (C=O) groups excluding carboxylic acids is 1. The number of thioether (sulfide) groups is 1. The first-order valence-corrected chi connectivity index (χ1v) is 9.21. The highest BCUT2D eigenvalue weighted by Crippen LogP contribution is 2.31. The van der Waals surface area contributed by atoms with Crippen molar-refractivity contribution in [1.29, 1.82) is 0 Å². The van der Waals surface area contributed by atoms with Crippen molar-refractivity contribution in [3.63, 3.8) is 0 Å². The molecule has 2 nitrogen and oxygen atoms in total. The van der Waals surface area contributed by atoms with Crippen LogP contribution in [0.15, 0.2) is 6.07 Å². The third-order valence-corrected chi connectivity index (χ3v) is 6.39. The fourth-order valence-electron chi connectivity index (χ4n) is 1.89. The maximum absolute atomic E-state index is 12.0. The Hall–Kier alpha value is -0.000000000000000111. The molecule has 1 aliphatic heterocycles. The van der Waals surface area contributed by atoms with Crippen LogP contribution in [0.5, 0.6) is 0 Å². The predicted octanol–water partition coefficient (Wildman–Crippen LogP) is 3.83. The van der Waals surface area contributed by atoms with Gasteiger partial charge in [-0.2, -0.15) is 11.8 Å². The van der Waals surface area contributed by atoms with Gasteiger partial charge in [-0.1, -0.05) is 22.9 Å². The molecule has 0 radical (unpaired) electrons. The van der Waals surface area contributed by atoms with E-state index in [4.69, 9.17) is 0 Å². The van der Waals surface area contributed by atoms with E-state index in [-0.39, 0.29) is 5.91 Å². The van der Waals surface area contributed by atoms with Gasteiger partial charge in [0.2, 0.25) is 0 Å². The Bertz CT molecular complexity index is 396. The standard InChI is InChI=1S/C13H18BrNOS2/c1-2-10(14)3-5-15-13(16)12-7-9-8-17-6-4-11(9)18-12/h7,10H,2-6,8H2,1H3,(H,15,16). The summed E-state index contributed by atoms with van der Waals surface area (Å²) in [5.41, 5.74) is 1.37. The molecule has 1 aromatic heterocycles. The monoisotopic (exact) mass is 347 g/mol. The molecule has 0 saturated heterocycles. The second-order valence-electron chi connectivity index (χ2n) is 4.41. The number of hydrogen-bond donors (Lipinski definition) is 1. The summed E-state index contributed by atoms with van der Waals surface area (Å²) in [4.78, 5) is 14.8. The fraction of sp³-hybridized carbons (Fsp3) is 0.615. The summed E-state index contributed by atoms with van der Waals surface area (Å²) in [6, 6.07) is 2.08. The number of nitrogens with one attached hydrogen (secondary N) is 1. The lowest BCUT2D eigenvalue weighted by Crippen LogP contribution is -2.25. The Morgan fingerprint density at radius 1 is 1.61 bits per heavy atom. The van der Waals surface area contributed by atoms with Crippen molar-refractivity contribution in [2.75, 3.05) is 12.3 Å². The minimum absolute atomic E-state index is 0.0928. The van der Waals surface area contributed by atoms with Crippen LogP contribution in [-0.4, -0.2) is 23.0 Å². The molecule has 1 aliphatic rings. The molecular weight excluding hydrogens is 330 g/mol. The van der Waals surface area contributed by atoms with Crippen molar-refractivity contribution < 1.29 is 4.79 Å². The number of hydrogen-bond acceptors (Lipinski definition) is 3. The normalized spacial score (nSPS) is 16.1. The van der Waals surface area contributed by atoms with Crippen molar-refractivity contribution in [2.45, 2.75) is 36.8 Å². The Morgan fingerprint density at radius 2 is 2.44 bits per heavy atom. The zero-order valence-corrected chi connectivity index (χ0v) is 13.7. The maximum atomic E-state index is 12.0. The second kappa shape index (κ2) is 6.96. The number of rotatable bonds is 5. The zero-order chi connectivity index (χ0) is 13.0. The first-order chi connectivity index (χ1) is 8.70. The molecule has 1 amide bonds. The van der Waals surface area contributed by atoms with E-state index in [0.717, 1.165) is 36.4 Å². The molecule has 0 aliphatic carbocycles. The summed E-state index contributed by atoms with van der Waals surface area (Å²) in [6.45, 7) is 2.89. The number of thiophene rings is 1. The van der Waals surface area contributed by atoms with Crippen LogP contribution >= 0.6 is 39.0 Å². The Balaban J connectivity index is 1.87. The van der Waals surface area contributed by atoms with Gasteiger partial charge in [-0.25, -0.2) is 0 Å². The Kier molecular flexibility index (Phi) is 5.57. The van der Waals surface area contributed by atoms with Crippen molar-refractivity contribution in [2.24, 2.45) is 0 Å². The average molecular weight is 348 g/mol. The minimum atomic E-state index is 0.0928. The van der Waals surface area contributed by atoms with Crippen LogP contribution in [0.3, 0.4) is 0 Å². The SMILES string of the molecule is CCC(Br)CCNC(=O)c1cc2c(s1)CCSC2. The highest BCUT2D eigenvalue weighted by atomic mass is 79.9. The van der Waals surface area contributed by atoms with Crippen LogP contribution in [0.1, 0.15) is 39.9 Å². The average Bonchev–Trinajstić information content (AvgIpc) is 2.82. The lowest BCUT2D eigenvalue weighted by atomic mass is 10.2. The summed E-state index contributed by atoms with van der Waals surface area (Å²) >= 11 is 7.21. The highest BCUT2D eigenvalue weighted by Gasteiger charge is 2.17. The number of carbonyl (C=O) groups is 1. The number of fused-ring (bicyclic) bond motifs is 1. The highest BCUT2D eigenvalue weighted by molar-refractivity contribution is 9.09. The van der Waals surface area contributed by atoms with Crippen molar-refractivity contribution in [3.05, 3.63) is 21.4 Å². The van der Waals surface area contributed by atoms with E-state index in [1.807, 2.05) is 11.8 Å². The lowest BCUT2D eigenvalue weighted by Gasteiger charge is -2.08. The number of alkyl halides is 1. The summed E-state index contributed by atoms with van der Waals surface area (Å²) in [5.74, 6) is 2.35. The largest absolute Gasteiger partial charge is 0.351 e. The number of aryl methyl sites for hydroxylation is 1. The van der Waals surface area contributed by atoms with Gasteiger partial charge in [-0.05, 0) is 36.6 Å². The molecule has 18 heavy (non-hydrogen) atoms. The van der Waals surface area contributed by atoms with Gasteiger partial charge in [-0.3, -0.25) is 4.79 Å². The van der Waals surface area contributed by atoms with E-state index < -0.39 is 0 Å². The predicted molar refractivity (Wildman–Crippen MR) is 84.1 cm³/mol. The second-order valence-corrected chi connectivity index (χ2v) is 7.95. The molecule has 0 bridgehead atoms. The maximum Gasteiger partial charge on any atom is 0.261 e. The van der Waals surface area contributed by atoms with Crippen LogP contribution in [-0.2, 0) is 12.2 Å². The van der Waals surface area contributed by atoms with E-state index >= 15 is 0 Å². The smallest absolute Gasteiger partial charge is 0.261 e. The Morgan fingerprint density at radius 3 is 3.17 bits per heavy atom. The van der Waals surface area contributed by atoms with Gasteiger partial charge in [0.1, 0.15) is 0 Å². The molecule has 1 unspecified atom stereocenters. The van der Waals surface area contributed by atoms with Crippen molar-refractivity contribution in [1.82, 2.24) is 5.32 Å². The zero-order valence-electron chi connectivity index (χ0n) is 10.5. The van der Waals surface area contributed by atoms with Gasteiger partial charge in [0.05, 0.1) is 4.88 Å². The van der Waals surface area contributed by atoms with Crippen LogP contribution in [0.4, 0.5) is 0 Å². The first-order valence-electron chi connectivity index (χ1n) is 6.32. The van der Waals surface area contributed by atoms with Gasteiger partial charge >= 0.3 is 0 Å². The molecule has 0 saturated carbocycles. The molecule has 2 heterocycles. The van der Waals surface area contributed by atoms with Crippen LogP contribution in [0.25, 0.3) is 0 Å². The first kappa shape index (κ1) is 14.4. The summed E-state index contributed by atoms with van der Waals surface area (Å²) < 4.78 is 0.